The lowest BCUT2D eigenvalue weighted by molar-refractivity contribution is 0.0402. The first kappa shape index (κ1) is 15.4. The number of ether oxygens (including phenoxy) is 1. The van der Waals surface area contributed by atoms with Crippen molar-refractivity contribution >= 4 is 5.78 Å². The molecule has 7 heteroatoms. The van der Waals surface area contributed by atoms with Crippen molar-refractivity contribution in [2.24, 2.45) is 5.92 Å². The molecule has 0 aliphatic carbocycles. The molecule has 0 fully saturated rings. The van der Waals surface area contributed by atoms with Crippen LogP contribution in [0.25, 0.3) is 0 Å². The molecule has 0 saturated carbocycles. The molecule has 0 aliphatic heterocycles. The molecule has 0 aliphatic rings. The molecular weight excluding hydrogens is 272 g/mol. The predicted octanol–water partition coefficient (Wildman–Crippen LogP) is 2.25. The van der Waals surface area contributed by atoms with E-state index in [4.69, 9.17) is 9.26 Å². The van der Waals surface area contributed by atoms with Crippen molar-refractivity contribution in [1.29, 1.82) is 0 Å². The van der Waals surface area contributed by atoms with Gasteiger partial charge in [0, 0.05) is 19.7 Å². The van der Waals surface area contributed by atoms with Crippen molar-refractivity contribution < 1.29 is 14.1 Å². The number of carbonyl (C=O) groups excluding carboxylic acids is 1. The Labute approximate surface area is 123 Å². The van der Waals surface area contributed by atoms with Gasteiger partial charge in [0.1, 0.15) is 18.3 Å². The van der Waals surface area contributed by atoms with Gasteiger partial charge in [-0.15, -0.1) is 0 Å². The van der Waals surface area contributed by atoms with Gasteiger partial charge < -0.3 is 9.26 Å². The molecule has 114 valence electrons. The van der Waals surface area contributed by atoms with Crippen molar-refractivity contribution in [3.05, 3.63) is 29.7 Å². The second kappa shape index (κ2) is 6.62. The molecule has 1 atom stereocenters. The second-order valence-electron chi connectivity index (χ2n) is 5.37. The number of nitrogens with zero attached hydrogens (tertiary/aromatic N) is 4. The van der Waals surface area contributed by atoms with Crippen LogP contribution in [-0.2, 0) is 11.3 Å². The normalized spacial score (nSPS) is 12.8. The third kappa shape index (κ3) is 4.22. The smallest absolute Gasteiger partial charge is 0.248 e. The van der Waals surface area contributed by atoms with Crippen molar-refractivity contribution in [3.63, 3.8) is 0 Å². The van der Waals surface area contributed by atoms with E-state index in [9.17, 15) is 4.79 Å². The molecule has 0 amide bonds. The van der Waals surface area contributed by atoms with Gasteiger partial charge in [0.05, 0.1) is 0 Å². The Morgan fingerprint density at radius 3 is 2.81 bits per heavy atom. The van der Waals surface area contributed by atoms with Gasteiger partial charge in [0.15, 0.2) is 11.6 Å². The lowest BCUT2D eigenvalue weighted by Crippen LogP contribution is -2.08. The molecule has 0 N–H and O–H groups in total. The average molecular weight is 292 g/mol. The second-order valence-corrected chi connectivity index (χ2v) is 5.37. The molecule has 0 spiro atoms. The summed E-state index contributed by atoms with van der Waals surface area (Å²) in [7, 11) is 0. The van der Waals surface area contributed by atoms with Crippen molar-refractivity contribution in [1.82, 2.24) is 19.9 Å². The maximum Gasteiger partial charge on any atom is 0.248 e. The summed E-state index contributed by atoms with van der Waals surface area (Å²) in [6.45, 7) is 8.50. The Balaban J connectivity index is 1.97. The molecule has 2 rings (SSSR count). The minimum Gasteiger partial charge on any atom is -0.370 e. The highest BCUT2D eigenvalue weighted by Crippen LogP contribution is 2.14. The van der Waals surface area contributed by atoms with Gasteiger partial charge >= 0.3 is 0 Å². The number of rotatable bonds is 7. The number of ketones is 1. The monoisotopic (exact) mass is 292 g/mol. The van der Waals surface area contributed by atoms with E-state index in [0.29, 0.717) is 36.5 Å². The maximum atomic E-state index is 11.2. The molecule has 2 heterocycles. The van der Waals surface area contributed by atoms with E-state index in [1.807, 2.05) is 6.92 Å². The van der Waals surface area contributed by atoms with Crippen LogP contribution in [0.2, 0.25) is 0 Å². The molecule has 2 aromatic heterocycles. The van der Waals surface area contributed by atoms with Crippen LogP contribution in [0, 0.1) is 5.92 Å². The van der Waals surface area contributed by atoms with Gasteiger partial charge in [0.25, 0.3) is 0 Å². The zero-order valence-electron chi connectivity index (χ0n) is 12.7. The van der Waals surface area contributed by atoms with Gasteiger partial charge in [-0.05, 0) is 18.9 Å². The highest BCUT2D eigenvalue weighted by Gasteiger charge is 2.15. The number of carbonyl (C=O) groups is 1. The minimum absolute atomic E-state index is 0.0734. The summed E-state index contributed by atoms with van der Waals surface area (Å²) in [5.41, 5.74) is 0.420. The number of Topliss-reactive ketones (excluding diaryl/α,β-unsaturated/α-hetero) is 1. The highest BCUT2D eigenvalue weighted by atomic mass is 16.5. The molecule has 21 heavy (non-hydrogen) atoms. The van der Waals surface area contributed by atoms with Crippen molar-refractivity contribution in [2.75, 3.05) is 6.61 Å². The molecule has 7 nitrogen and oxygen atoms in total. The lowest BCUT2D eigenvalue weighted by atomic mass is 10.2. The zero-order valence-corrected chi connectivity index (χ0v) is 12.7. The molecular formula is C14H20N4O3. The summed E-state index contributed by atoms with van der Waals surface area (Å²) >= 11 is 0. The Morgan fingerprint density at radius 1 is 1.43 bits per heavy atom. The van der Waals surface area contributed by atoms with E-state index >= 15 is 0 Å². The molecule has 0 radical (unpaired) electrons. The molecule has 0 unspecified atom stereocenters. The van der Waals surface area contributed by atoms with E-state index in [1.165, 1.54) is 6.92 Å². The van der Waals surface area contributed by atoms with E-state index < -0.39 is 0 Å². The van der Waals surface area contributed by atoms with E-state index in [-0.39, 0.29) is 11.9 Å². The Morgan fingerprint density at radius 2 is 2.19 bits per heavy atom. The van der Waals surface area contributed by atoms with Crippen LogP contribution < -0.4 is 0 Å². The van der Waals surface area contributed by atoms with Crippen LogP contribution in [0.3, 0.4) is 0 Å². The van der Waals surface area contributed by atoms with E-state index in [2.05, 4.69) is 29.1 Å². The predicted molar refractivity (Wildman–Crippen MR) is 74.8 cm³/mol. The summed E-state index contributed by atoms with van der Waals surface area (Å²) < 4.78 is 12.4. The highest BCUT2D eigenvalue weighted by molar-refractivity contribution is 5.91. The summed E-state index contributed by atoms with van der Waals surface area (Å²) in [5.74, 6) is 1.33. The van der Waals surface area contributed by atoms with Gasteiger partial charge in [-0.1, -0.05) is 19.0 Å². The Bertz CT molecular complexity index is 603. The molecule has 0 bridgehead atoms. The van der Waals surface area contributed by atoms with Crippen LogP contribution in [0.4, 0.5) is 0 Å². The van der Waals surface area contributed by atoms with Crippen LogP contribution >= 0.6 is 0 Å². The summed E-state index contributed by atoms with van der Waals surface area (Å²) in [5, 5.41) is 8.04. The fraction of sp³-hybridized carbons (Fsp3) is 0.571. The van der Waals surface area contributed by atoms with Gasteiger partial charge in [0.2, 0.25) is 5.89 Å². The number of hydrogen-bond acceptors (Lipinski definition) is 6. The standard InChI is InChI=1S/C14H20N4O3/c1-9(2)8-20-11(4)14-15-13(21-17-14)7-18-6-5-12(16-18)10(3)19/h5-6,9,11H,7-8H2,1-4H3/t11-/m1/s1. The van der Waals surface area contributed by atoms with Gasteiger partial charge in [-0.2, -0.15) is 10.1 Å². The van der Waals surface area contributed by atoms with Crippen molar-refractivity contribution in [2.45, 2.75) is 40.3 Å². The minimum atomic E-state index is -0.213. The van der Waals surface area contributed by atoms with E-state index in [1.54, 1.807) is 16.9 Å². The number of aromatic nitrogens is 4. The lowest BCUT2D eigenvalue weighted by Gasteiger charge is -2.10. The SMILES string of the molecule is CC(=O)c1ccn(Cc2nc([C@@H](C)OCC(C)C)no2)n1. The molecule has 0 saturated heterocycles. The van der Waals surface area contributed by atoms with Crippen LogP contribution in [0.5, 0.6) is 0 Å². The first-order valence-electron chi connectivity index (χ1n) is 6.94. The fourth-order valence-electron chi connectivity index (χ4n) is 1.68. The zero-order chi connectivity index (χ0) is 15.4. The van der Waals surface area contributed by atoms with E-state index in [0.717, 1.165) is 0 Å². The van der Waals surface area contributed by atoms with Gasteiger partial charge in [-0.3, -0.25) is 9.48 Å². The Hall–Kier alpha value is -2.02. The third-order valence-corrected chi connectivity index (χ3v) is 2.83. The fourth-order valence-corrected chi connectivity index (χ4v) is 1.68. The topological polar surface area (TPSA) is 83.0 Å². The first-order chi connectivity index (χ1) is 9.95. The largest absolute Gasteiger partial charge is 0.370 e. The summed E-state index contributed by atoms with van der Waals surface area (Å²) in [4.78, 5) is 15.5. The van der Waals surface area contributed by atoms with Crippen LogP contribution in [0.15, 0.2) is 16.8 Å². The summed E-state index contributed by atoms with van der Waals surface area (Å²) in [6.07, 6.45) is 1.49. The maximum absolute atomic E-state index is 11.2. The molecule has 0 aromatic carbocycles. The number of hydrogen-bond donors (Lipinski definition) is 0. The average Bonchev–Trinajstić information content (AvgIpc) is 3.05. The quantitative estimate of drug-likeness (QED) is 0.728. The Kier molecular flexibility index (Phi) is 4.85. The van der Waals surface area contributed by atoms with Crippen LogP contribution in [0.1, 0.15) is 56.0 Å². The van der Waals surface area contributed by atoms with Gasteiger partial charge in [-0.25, -0.2) is 0 Å². The third-order valence-electron chi connectivity index (χ3n) is 2.83. The summed E-state index contributed by atoms with van der Waals surface area (Å²) in [6, 6.07) is 1.66. The molecule has 2 aromatic rings. The van der Waals surface area contributed by atoms with Crippen LogP contribution in [-0.4, -0.2) is 32.3 Å². The van der Waals surface area contributed by atoms with Crippen molar-refractivity contribution in [3.8, 4) is 0 Å². The first-order valence-corrected chi connectivity index (χ1v) is 6.94.